The first-order valence-electron chi connectivity index (χ1n) is 11.4. The second kappa shape index (κ2) is 10.1. The van der Waals surface area contributed by atoms with Crippen LogP contribution in [-0.4, -0.2) is 44.0 Å². The fraction of sp³-hybridized carbons (Fsp3) is 0.346. The van der Waals surface area contributed by atoms with Crippen LogP contribution in [0.15, 0.2) is 54.6 Å². The molecule has 1 N–H and O–H groups in total. The average molecular weight is 478 g/mol. The van der Waals surface area contributed by atoms with Crippen LogP contribution in [0.4, 0.5) is 11.5 Å². The first kappa shape index (κ1) is 25.6. The van der Waals surface area contributed by atoms with Gasteiger partial charge in [0.2, 0.25) is 5.91 Å². The second-order valence-electron chi connectivity index (χ2n) is 9.74. The van der Waals surface area contributed by atoms with Gasteiger partial charge in [-0.2, -0.15) is 5.10 Å². The van der Waals surface area contributed by atoms with E-state index in [2.05, 4.69) is 5.32 Å². The molecule has 0 radical (unpaired) electrons. The summed E-state index contributed by atoms with van der Waals surface area (Å²) in [6, 6.07) is 14.7. The van der Waals surface area contributed by atoms with Crippen LogP contribution >= 0.6 is 0 Å². The van der Waals surface area contributed by atoms with Crippen molar-refractivity contribution in [2.45, 2.75) is 53.0 Å². The van der Waals surface area contributed by atoms with Gasteiger partial charge in [0.1, 0.15) is 12.4 Å². The lowest BCUT2D eigenvalue weighted by atomic mass is 9.92. The van der Waals surface area contributed by atoms with Gasteiger partial charge in [-0.1, -0.05) is 39.0 Å². The zero-order chi connectivity index (χ0) is 25.9. The Hall–Kier alpha value is -4.01. The lowest BCUT2D eigenvalue weighted by Gasteiger charge is -2.26. The van der Waals surface area contributed by atoms with E-state index in [0.29, 0.717) is 5.82 Å². The highest BCUT2D eigenvalue weighted by Crippen LogP contribution is 2.27. The van der Waals surface area contributed by atoms with Crippen molar-refractivity contribution >= 4 is 23.3 Å². The molecule has 0 saturated heterocycles. The Labute approximate surface area is 204 Å². The van der Waals surface area contributed by atoms with Crippen molar-refractivity contribution in [3.8, 4) is 5.69 Å². The molecule has 2 aromatic carbocycles. The predicted octanol–water partition coefficient (Wildman–Crippen LogP) is 4.88. The summed E-state index contributed by atoms with van der Waals surface area (Å²) < 4.78 is 1.71. The summed E-state index contributed by atoms with van der Waals surface area (Å²) in [4.78, 5) is 38.0. The van der Waals surface area contributed by atoms with Gasteiger partial charge in [-0.15, -0.1) is 0 Å². The zero-order valence-electron chi connectivity index (χ0n) is 20.9. The topological polar surface area (TPSA) is 110 Å². The maximum Gasteiger partial charge on any atom is 0.269 e. The normalized spacial score (nSPS) is 11.4. The number of carbonyl (C=O) groups is 2. The SMILES string of the molecule is Cc1ccccc1-n1nc(C(C)(C)C)cc1NC(=O)CN(C(=O)c1ccc([N+](=O)[O-])cc1)C(C)C. The quantitative estimate of drug-likeness (QED) is 0.385. The van der Waals surface area contributed by atoms with Crippen LogP contribution in [0.5, 0.6) is 0 Å². The van der Waals surface area contributed by atoms with Crippen LogP contribution in [0, 0.1) is 17.0 Å². The van der Waals surface area contributed by atoms with Crippen molar-refractivity contribution in [1.82, 2.24) is 14.7 Å². The van der Waals surface area contributed by atoms with Gasteiger partial charge in [-0.3, -0.25) is 19.7 Å². The molecule has 2 amide bonds. The average Bonchev–Trinajstić information content (AvgIpc) is 3.21. The highest BCUT2D eigenvalue weighted by atomic mass is 16.6. The number of nitrogens with one attached hydrogen (secondary N) is 1. The van der Waals surface area contributed by atoms with E-state index in [-0.39, 0.29) is 41.1 Å². The molecule has 3 aromatic rings. The molecule has 35 heavy (non-hydrogen) atoms. The number of nitrogens with zero attached hydrogens (tertiary/aromatic N) is 4. The van der Waals surface area contributed by atoms with Crippen molar-refractivity contribution in [3.05, 3.63) is 81.5 Å². The second-order valence-corrected chi connectivity index (χ2v) is 9.74. The molecule has 0 bridgehead atoms. The van der Waals surface area contributed by atoms with Crippen LogP contribution in [0.1, 0.15) is 56.2 Å². The smallest absolute Gasteiger partial charge is 0.269 e. The molecule has 0 aliphatic rings. The number of nitro benzene ring substituents is 1. The Bertz CT molecular complexity index is 1240. The van der Waals surface area contributed by atoms with Crippen LogP contribution < -0.4 is 5.32 Å². The number of non-ortho nitro benzene ring substituents is 1. The van der Waals surface area contributed by atoms with E-state index < -0.39 is 4.92 Å². The molecule has 0 unspecified atom stereocenters. The summed E-state index contributed by atoms with van der Waals surface area (Å²) in [5.74, 6) is -0.238. The molecule has 0 saturated carbocycles. The summed E-state index contributed by atoms with van der Waals surface area (Å²) in [5, 5.41) is 18.6. The van der Waals surface area contributed by atoms with E-state index in [1.54, 1.807) is 4.68 Å². The number of amides is 2. The standard InChI is InChI=1S/C26H31N5O4/c1-17(2)29(25(33)19-11-13-20(14-12-19)31(34)35)16-24(32)27-23-15-22(26(4,5)6)28-30(23)21-10-8-7-9-18(21)3/h7-15,17H,16H2,1-6H3,(H,27,32). The summed E-state index contributed by atoms with van der Waals surface area (Å²) >= 11 is 0. The molecule has 9 heteroatoms. The molecular weight excluding hydrogens is 446 g/mol. The van der Waals surface area contributed by atoms with Crippen molar-refractivity contribution in [3.63, 3.8) is 0 Å². The fourth-order valence-corrected chi connectivity index (χ4v) is 3.54. The number of hydrogen-bond donors (Lipinski definition) is 1. The molecule has 1 aromatic heterocycles. The van der Waals surface area contributed by atoms with Crippen molar-refractivity contribution in [1.29, 1.82) is 0 Å². The van der Waals surface area contributed by atoms with Crippen LogP contribution in [0.2, 0.25) is 0 Å². The highest BCUT2D eigenvalue weighted by molar-refractivity contribution is 5.99. The molecule has 0 spiro atoms. The largest absolute Gasteiger partial charge is 0.327 e. The molecule has 0 aliphatic carbocycles. The maximum atomic E-state index is 13.1. The molecule has 3 rings (SSSR count). The number of aromatic nitrogens is 2. The van der Waals surface area contributed by atoms with Gasteiger partial charge in [-0.25, -0.2) is 4.68 Å². The zero-order valence-corrected chi connectivity index (χ0v) is 20.9. The van der Waals surface area contributed by atoms with E-state index in [9.17, 15) is 19.7 Å². The maximum absolute atomic E-state index is 13.1. The van der Waals surface area contributed by atoms with E-state index in [0.717, 1.165) is 16.9 Å². The lowest BCUT2D eigenvalue weighted by molar-refractivity contribution is -0.384. The van der Waals surface area contributed by atoms with Gasteiger partial charge in [0.25, 0.3) is 11.6 Å². The Morgan fingerprint density at radius 2 is 1.74 bits per heavy atom. The number of benzene rings is 2. The summed E-state index contributed by atoms with van der Waals surface area (Å²) in [6.45, 7) is 11.6. The monoisotopic (exact) mass is 477 g/mol. The third-order valence-electron chi connectivity index (χ3n) is 5.61. The summed E-state index contributed by atoms with van der Waals surface area (Å²) in [6.07, 6.45) is 0. The predicted molar refractivity (Wildman–Crippen MR) is 135 cm³/mol. The third kappa shape index (κ3) is 5.92. The van der Waals surface area contributed by atoms with Gasteiger partial charge < -0.3 is 10.2 Å². The first-order chi connectivity index (χ1) is 16.4. The third-order valence-corrected chi connectivity index (χ3v) is 5.61. The number of rotatable bonds is 7. The Morgan fingerprint density at radius 3 is 2.29 bits per heavy atom. The Kier molecular flexibility index (Phi) is 7.38. The molecule has 9 nitrogen and oxygen atoms in total. The van der Waals surface area contributed by atoms with Gasteiger partial charge in [0, 0.05) is 35.2 Å². The van der Waals surface area contributed by atoms with Crippen molar-refractivity contribution in [2.75, 3.05) is 11.9 Å². The minimum Gasteiger partial charge on any atom is -0.327 e. The number of anilines is 1. The molecule has 1 heterocycles. The molecule has 0 atom stereocenters. The van der Waals surface area contributed by atoms with Gasteiger partial charge in [0.05, 0.1) is 16.3 Å². The Morgan fingerprint density at radius 1 is 1.11 bits per heavy atom. The van der Waals surface area contributed by atoms with E-state index in [4.69, 9.17) is 5.10 Å². The van der Waals surface area contributed by atoms with Gasteiger partial charge >= 0.3 is 0 Å². The number of para-hydroxylation sites is 1. The van der Waals surface area contributed by atoms with Crippen LogP contribution in [0.25, 0.3) is 5.69 Å². The van der Waals surface area contributed by atoms with E-state index >= 15 is 0 Å². The number of carbonyl (C=O) groups excluding carboxylic acids is 2. The Balaban J connectivity index is 1.86. The highest BCUT2D eigenvalue weighted by Gasteiger charge is 2.25. The van der Waals surface area contributed by atoms with E-state index in [1.165, 1.54) is 29.2 Å². The minimum absolute atomic E-state index is 0.102. The number of hydrogen-bond acceptors (Lipinski definition) is 5. The van der Waals surface area contributed by atoms with Crippen molar-refractivity contribution in [2.24, 2.45) is 0 Å². The van der Waals surface area contributed by atoms with Crippen LogP contribution in [-0.2, 0) is 10.2 Å². The summed E-state index contributed by atoms with van der Waals surface area (Å²) in [7, 11) is 0. The number of aryl methyl sites for hydroxylation is 1. The summed E-state index contributed by atoms with van der Waals surface area (Å²) in [5.41, 5.74) is 2.61. The van der Waals surface area contributed by atoms with Crippen molar-refractivity contribution < 1.29 is 14.5 Å². The van der Waals surface area contributed by atoms with Gasteiger partial charge in [-0.05, 0) is 44.5 Å². The fourth-order valence-electron chi connectivity index (χ4n) is 3.54. The molecular formula is C26H31N5O4. The lowest BCUT2D eigenvalue weighted by Crippen LogP contribution is -2.42. The van der Waals surface area contributed by atoms with Crippen LogP contribution in [0.3, 0.4) is 0 Å². The van der Waals surface area contributed by atoms with E-state index in [1.807, 2.05) is 71.9 Å². The molecule has 0 aliphatic heterocycles. The number of nitro groups is 1. The van der Waals surface area contributed by atoms with Gasteiger partial charge in [0.15, 0.2) is 0 Å². The molecule has 0 fully saturated rings. The first-order valence-corrected chi connectivity index (χ1v) is 11.4. The molecule has 184 valence electrons. The minimum atomic E-state index is -0.522.